The number of carbonyl (C=O) groups excluding carboxylic acids is 3. The van der Waals surface area contributed by atoms with Gasteiger partial charge in [0.2, 0.25) is 5.91 Å². The van der Waals surface area contributed by atoms with Crippen LogP contribution in [0.15, 0.2) is 30.3 Å². The number of carboxylic acid groups (broad SMARTS) is 1. The van der Waals surface area contributed by atoms with Crippen molar-refractivity contribution in [1.82, 2.24) is 10.2 Å². The lowest BCUT2D eigenvalue weighted by atomic mass is 9.99. The Labute approximate surface area is 208 Å². The molecule has 3 rings (SSSR count). The Hall–Kier alpha value is -3.28. The lowest BCUT2D eigenvalue weighted by molar-refractivity contribution is -0.141. The van der Waals surface area contributed by atoms with Crippen LogP contribution in [0.5, 0.6) is 0 Å². The number of carboxylic acids is 1. The van der Waals surface area contributed by atoms with E-state index in [0.717, 1.165) is 23.5 Å². The predicted octanol–water partition coefficient (Wildman–Crippen LogP) is 4.24. The van der Waals surface area contributed by atoms with Crippen molar-refractivity contribution in [2.45, 2.75) is 50.9 Å². The largest absolute Gasteiger partial charge is 0.481 e. The molecule has 1 aromatic carbocycles. The first kappa shape index (κ1) is 27.3. The molecule has 7 nitrogen and oxygen atoms in total. The number of benzene rings is 1. The quantitative estimate of drug-likeness (QED) is 0.499. The van der Waals surface area contributed by atoms with Crippen molar-refractivity contribution in [3.8, 4) is 10.4 Å². The molecule has 0 aliphatic carbocycles. The third-order valence-electron chi connectivity index (χ3n) is 5.87. The number of rotatable bonds is 8. The van der Waals surface area contributed by atoms with Gasteiger partial charge >= 0.3 is 12.1 Å². The van der Waals surface area contributed by atoms with Gasteiger partial charge in [-0.15, -0.1) is 11.3 Å². The number of carbonyl (C=O) groups is 4. The summed E-state index contributed by atoms with van der Waals surface area (Å²) in [6, 6.07) is 3.79. The highest BCUT2D eigenvalue weighted by Crippen LogP contribution is 2.36. The number of hydrogen-bond acceptors (Lipinski definition) is 5. The minimum absolute atomic E-state index is 0.216. The van der Waals surface area contributed by atoms with Gasteiger partial charge in [-0.3, -0.25) is 19.2 Å². The average Bonchev–Trinajstić information content (AvgIpc) is 3.23. The maximum absolute atomic E-state index is 13.4. The number of aryl methyl sites for hydroxylation is 1. The van der Waals surface area contributed by atoms with Crippen molar-refractivity contribution in [2.75, 3.05) is 13.2 Å². The number of likely N-dealkylation sites (tertiary alicyclic amines) is 1. The van der Waals surface area contributed by atoms with Gasteiger partial charge in [0.25, 0.3) is 5.91 Å². The summed E-state index contributed by atoms with van der Waals surface area (Å²) in [6.45, 7) is 0.411. The van der Waals surface area contributed by atoms with E-state index in [1.54, 1.807) is 13.0 Å². The molecule has 1 aliphatic heterocycles. The Bertz CT molecular complexity index is 1160. The monoisotopic (exact) mass is 528 g/mol. The van der Waals surface area contributed by atoms with Crippen LogP contribution in [0.1, 0.15) is 46.5 Å². The van der Waals surface area contributed by atoms with Crippen molar-refractivity contribution in [3.05, 3.63) is 46.3 Å². The van der Waals surface area contributed by atoms with Gasteiger partial charge in [0, 0.05) is 11.4 Å². The van der Waals surface area contributed by atoms with Crippen LogP contribution >= 0.6 is 11.3 Å². The lowest BCUT2D eigenvalue weighted by Crippen LogP contribution is -2.55. The molecule has 0 bridgehead atoms. The molecule has 36 heavy (non-hydrogen) atoms. The number of alkyl halides is 4. The van der Waals surface area contributed by atoms with Crippen LogP contribution < -0.4 is 5.32 Å². The number of thiophene rings is 1. The van der Waals surface area contributed by atoms with E-state index >= 15 is 0 Å². The molecule has 0 spiro atoms. The number of amides is 2. The molecule has 2 unspecified atom stereocenters. The van der Waals surface area contributed by atoms with Crippen molar-refractivity contribution in [3.63, 3.8) is 0 Å². The SMILES string of the molecule is Cc1cc(-c2cccc(C(F)(F)F)c2)sc1C(=O)N1CCCCC1C(=O)NC(CC(=O)O)C(=O)CF. The number of ketones is 1. The van der Waals surface area contributed by atoms with E-state index in [4.69, 9.17) is 5.11 Å². The van der Waals surface area contributed by atoms with Gasteiger partial charge in [0.15, 0.2) is 5.78 Å². The minimum Gasteiger partial charge on any atom is -0.481 e. The standard InChI is InChI=1S/C24H24F4N2O5S/c1-13-9-19(14-5-4-6-15(10-14)24(26,27)28)36-21(13)23(35)30-8-3-2-7-17(30)22(34)29-16(11-20(32)33)18(31)12-25/h4-6,9-10,16-17H,2-3,7-8,11-12H2,1H3,(H,29,34)(H,32,33). The summed E-state index contributed by atoms with van der Waals surface area (Å²) in [5.74, 6) is -3.74. The first-order chi connectivity index (χ1) is 16.9. The highest BCUT2D eigenvalue weighted by Gasteiger charge is 2.36. The zero-order valence-electron chi connectivity index (χ0n) is 19.2. The molecule has 2 amide bonds. The smallest absolute Gasteiger partial charge is 0.416 e. The molecular formula is C24H24F4N2O5S. The summed E-state index contributed by atoms with van der Waals surface area (Å²) in [6.07, 6.45) is -3.85. The molecule has 1 aliphatic rings. The van der Waals surface area contributed by atoms with Gasteiger partial charge in [0.1, 0.15) is 18.8 Å². The van der Waals surface area contributed by atoms with Gasteiger partial charge < -0.3 is 15.3 Å². The molecule has 12 heteroatoms. The maximum Gasteiger partial charge on any atom is 0.416 e. The molecule has 1 saturated heterocycles. The number of nitrogens with one attached hydrogen (secondary N) is 1. The van der Waals surface area contributed by atoms with Gasteiger partial charge in [-0.05, 0) is 55.5 Å². The van der Waals surface area contributed by atoms with E-state index in [-0.39, 0.29) is 17.8 Å². The van der Waals surface area contributed by atoms with E-state index in [1.165, 1.54) is 17.0 Å². The van der Waals surface area contributed by atoms with Crippen LogP contribution in [0, 0.1) is 6.92 Å². The van der Waals surface area contributed by atoms with E-state index < -0.39 is 60.5 Å². The van der Waals surface area contributed by atoms with E-state index in [0.29, 0.717) is 28.8 Å². The van der Waals surface area contributed by atoms with Crippen LogP contribution in [-0.4, -0.2) is 58.9 Å². The molecule has 194 valence electrons. The number of aliphatic carboxylic acids is 1. The van der Waals surface area contributed by atoms with Crippen molar-refractivity contribution in [2.24, 2.45) is 0 Å². The Morgan fingerprint density at radius 2 is 1.92 bits per heavy atom. The second kappa shape index (κ2) is 11.2. The Kier molecular flexibility index (Phi) is 8.49. The van der Waals surface area contributed by atoms with Gasteiger partial charge in [-0.2, -0.15) is 13.2 Å². The van der Waals surface area contributed by atoms with Crippen LogP contribution in [0.4, 0.5) is 17.6 Å². The highest BCUT2D eigenvalue weighted by molar-refractivity contribution is 7.17. The summed E-state index contributed by atoms with van der Waals surface area (Å²) in [4.78, 5) is 51.2. The van der Waals surface area contributed by atoms with E-state index in [2.05, 4.69) is 5.32 Å². The summed E-state index contributed by atoms with van der Waals surface area (Å²) >= 11 is 1.01. The summed E-state index contributed by atoms with van der Waals surface area (Å²) in [5.41, 5.74) is 0.00935. The molecule has 1 fully saturated rings. The van der Waals surface area contributed by atoms with Gasteiger partial charge in [0.05, 0.1) is 16.9 Å². The van der Waals surface area contributed by atoms with Crippen LogP contribution in [-0.2, 0) is 20.6 Å². The van der Waals surface area contributed by atoms with Crippen LogP contribution in [0.25, 0.3) is 10.4 Å². The molecular weight excluding hydrogens is 504 g/mol. The fraction of sp³-hybridized carbons (Fsp3) is 0.417. The second-order valence-electron chi connectivity index (χ2n) is 8.47. The molecule has 0 radical (unpaired) electrons. The third-order valence-corrected chi connectivity index (χ3v) is 7.14. The highest BCUT2D eigenvalue weighted by atomic mass is 32.1. The number of piperidine rings is 1. The fourth-order valence-electron chi connectivity index (χ4n) is 4.04. The third kappa shape index (κ3) is 6.28. The molecule has 2 N–H and O–H groups in total. The number of halogens is 4. The summed E-state index contributed by atoms with van der Waals surface area (Å²) < 4.78 is 52.2. The number of nitrogens with zero attached hydrogens (tertiary/aromatic N) is 1. The van der Waals surface area contributed by atoms with Gasteiger partial charge in [-0.25, -0.2) is 4.39 Å². The first-order valence-electron chi connectivity index (χ1n) is 11.1. The molecule has 2 atom stereocenters. The summed E-state index contributed by atoms with van der Waals surface area (Å²) in [5, 5.41) is 11.2. The lowest BCUT2D eigenvalue weighted by Gasteiger charge is -2.35. The normalized spacial score (nSPS) is 16.9. The molecule has 2 aromatic rings. The zero-order chi connectivity index (χ0) is 26.6. The van der Waals surface area contributed by atoms with E-state index in [1.807, 2.05) is 0 Å². The van der Waals surface area contributed by atoms with Crippen molar-refractivity contribution < 1.29 is 41.8 Å². The Morgan fingerprint density at radius 1 is 1.19 bits per heavy atom. The molecule has 0 saturated carbocycles. The second-order valence-corrected chi connectivity index (χ2v) is 9.52. The van der Waals surface area contributed by atoms with Crippen LogP contribution in [0.3, 0.4) is 0 Å². The average molecular weight is 529 g/mol. The first-order valence-corrected chi connectivity index (χ1v) is 11.9. The van der Waals surface area contributed by atoms with E-state index in [9.17, 15) is 36.7 Å². The van der Waals surface area contributed by atoms with Crippen molar-refractivity contribution >= 4 is 34.9 Å². The number of hydrogen-bond donors (Lipinski definition) is 2. The fourth-order valence-corrected chi connectivity index (χ4v) is 5.17. The minimum atomic E-state index is -4.52. The molecule has 2 heterocycles. The van der Waals surface area contributed by atoms with Gasteiger partial charge in [-0.1, -0.05) is 12.1 Å². The van der Waals surface area contributed by atoms with Crippen LogP contribution in [0.2, 0.25) is 0 Å². The maximum atomic E-state index is 13.4. The predicted molar refractivity (Wildman–Crippen MR) is 123 cm³/mol. The Balaban J connectivity index is 1.85. The van der Waals surface area contributed by atoms with Crippen molar-refractivity contribution in [1.29, 1.82) is 0 Å². The Morgan fingerprint density at radius 3 is 2.56 bits per heavy atom. The molecule has 1 aromatic heterocycles. The zero-order valence-corrected chi connectivity index (χ0v) is 20.0. The topological polar surface area (TPSA) is 104 Å². The number of Topliss-reactive ketones (excluding diaryl/α,β-unsaturated/α-hetero) is 1. The summed E-state index contributed by atoms with van der Waals surface area (Å²) in [7, 11) is 0.